The van der Waals surface area contributed by atoms with Crippen molar-refractivity contribution in [3.63, 3.8) is 0 Å². The number of fused-ring (bicyclic) bond motifs is 5. The van der Waals surface area contributed by atoms with Crippen molar-refractivity contribution in [3.8, 4) is 11.4 Å². The first kappa shape index (κ1) is 33.9. The second-order valence-electron chi connectivity index (χ2n) is 13.8. The molecule has 52 heavy (non-hydrogen) atoms. The Morgan fingerprint density at radius 2 is 1.27 bits per heavy atom. The molecule has 7 aromatic carbocycles. The molecular formula is C46H35BN3PtSi+. The molecule has 2 aliphatic rings. The molecule has 3 nitrogen and oxygen atoms in total. The number of imidazole rings is 1. The molecule has 0 bridgehead atoms. The fourth-order valence-electron chi connectivity index (χ4n) is 7.91. The van der Waals surface area contributed by atoms with Gasteiger partial charge in [-0.05, 0) is 42.9 Å². The molecule has 0 radical (unpaired) electrons. The minimum absolute atomic E-state index is 0. The van der Waals surface area contributed by atoms with Gasteiger partial charge in [-0.2, -0.15) is 88.9 Å². The average molecular weight is 864 g/mol. The molecule has 0 amide bonds. The van der Waals surface area contributed by atoms with Gasteiger partial charge in [-0.1, -0.05) is 102 Å². The maximum atomic E-state index is 3.64. The van der Waals surface area contributed by atoms with Crippen LogP contribution in [0.1, 0.15) is 5.56 Å². The maximum absolute atomic E-state index is 3.64. The van der Waals surface area contributed by atoms with Gasteiger partial charge in [0.05, 0.1) is 24.8 Å². The second kappa shape index (κ2) is 13.7. The summed E-state index contributed by atoms with van der Waals surface area (Å²) in [6, 6.07) is 65.8. The predicted molar refractivity (Wildman–Crippen MR) is 214 cm³/mol. The molecule has 8 aromatic rings. The smallest absolute Gasteiger partial charge is 0.366 e. The van der Waals surface area contributed by atoms with Gasteiger partial charge in [-0.25, -0.2) is 0 Å². The first-order valence-corrected chi connectivity index (χ1v) is 20.5. The zero-order valence-electron chi connectivity index (χ0n) is 29.2. The molecule has 3 heterocycles. The zero-order valence-corrected chi connectivity index (χ0v) is 32.5. The van der Waals surface area contributed by atoms with E-state index in [0.717, 1.165) is 22.4 Å². The van der Waals surface area contributed by atoms with Crippen molar-refractivity contribution in [1.29, 1.82) is 0 Å². The molecule has 250 valence electrons. The third-order valence-corrected chi connectivity index (χ3v) is 13.9. The van der Waals surface area contributed by atoms with E-state index in [1.54, 1.807) is 0 Å². The number of anilines is 3. The standard InChI is InChI=1S/C26H20BNSi.C20H15N2.Pt/c1-29(2)24-17-9-7-14-21(24)27-20-13-6-8-15-22(20)28(19-11-4-3-5-12-19)23-16-10-18-25(29)26(23)27;1-16-11-13-18(14-12-16)22-15-21(17-7-3-2-4-8-17)19-9-5-6-10-20(19)22;/h3-12,15-18H,1-2H3;2-7,9-14H,1H3;/q-2;-1;+4. The Hall–Kier alpha value is -5.22. The fraction of sp³-hybridized carbons (Fsp3) is 0.0652. The Labute approximate surface area is 322 Å². The summed E-state index contributed by atoms with van der Waals surface area (Å²) in [5.41, 5.74) is 13.4. The monoisotopic (exact) mass is 863 g/mol. The number of aryl methyl sites for hydroxylation is 1. The van der Waals surface area contributed by atoms with E-state index >= 15 is 0 Å². The van der Waals surface area contributed by atoms with Gasteiger partial charge < -0.3 is 9.47 Å². The van der Waals surface area contributed by atoms with Gasteiger partial charge in [0, 0.05) is 11.4 Å². The summed E-state index contributed by atoms with van der Waals surface area (Å²) < 4.78 is 4.14. The summed E-state index contributed by atoms with van der Waals surface area (Å²) in [7, 11) is -1.81. The number of para-hydroxylation sites is 4. The number of nitrogens with zero attached hydrogens (tertiary/aromatic N) is 3. The van der Waals surface area contributed by atoms with Gasteiger partial charge in [0.1, 0.15) is 0 Å². The Balaban J connectivity index is 0.000000152. The fourth-order valence-corrected chi connectivity index (χ4v) is 11.1. The number of aromatic nitrogens is 2. The molecule has 0 N–H and O–H groups in total. The van der Waals surface area contributed by atoms with Crippen molar-refractivity contribution in [3.05, 3.63) is 188 Å². The van der Waals surface area contributed by atoms with Gasteiger partial charge in [-0.3, -0.25) is 4.57 Å². The molecule has 0 aliphatic carbocycles. The summed E-state index contributed by atoms with van der Waals surface area (Å²) in [6.07, 6.45) is 3.44. The number of rotatable bonds is 3. The second-order valence-corrected chi connectivity index (χ2v) is 18.1. The van der Waals surface area contributed by atoms with Crippen molar-refractivity contribution in [2.75, 3.05) is 4.90 Å². The molecule has 10 rings (SSSR count). The van der Waals surface area contributed by atoms with Gasteiger partial charge in [0.2, 0.25) is 0 Å². The summed E-state index contributed by atoms with van der Waals surface area (Å²) in [6.45, 7) is 7.25. The Bertz CT molecular complexity index is 2530. The molecule has 1 aromatic heterocycles. The van der Waals surface area contributed by atoms with E-state index in [1.807, 2.05) is 24.3 Å². The van der Waals surface area contributed by atoms with E-state index < -0.39 is 8.07 Å². The molecule has 0 saturated carbocycles. The normalized spacial score (nSPS) is 13.2. The molecule has 0 fully saturated rings. The van der Waals surface area contributed by atoms with Crippen molar-refractivity contribution in [2.45, 2.75) is 20.0 Å². The van der Waals surface area contributed by atoms with Crippen LogP contribution in [0.2, 0.25) is 13.1 Å². The minimum atomic E-state index is -1.81. The third-order valence-electron chi connectivity index (χ3n) is 10.3. The Morgan fingerprint density at radius 1 is 0.596 bits per heavy atom. The number of benzene rings is 7. The Morgan fingerprint density at radius 3 is 2.06 bits per heavy atom. The van der Waals surface area contributed by atoms with Crippen LogP contribution in [0.15, 0.2) is 158 Å². The molecule has 0 atom stereocenters. The van der Waals surface area contributed by atoms with Crippen LogP contribution in [0, 0.1) is 31.5 Å². The van der Waals surface area contributed by atoms with E-state index in [2.05, 4.69) is 192 Å². The first-order valence-electron chi connectivity index (χ1n) is 17.5. The first-order chi connectivity index (χ1) is 25.0. The van der Waals surface area contributed by atoms with Crippen molar-refractivity contribution >= 4 is 69.6 Å². The third kappa shape index (κ3) is 5.60. The van der Waals surface area contributed by atoms with E-state index in [9.17, 15) is 0 Å². The quantitative estimate of drug-likeness (QED) is 0.112. The molecule has 6 heteroatoms. The van der Waals surface area contributed by atoms with Crippen molar-refractivity contribution < 1.29 is 25.6 Å². The van der Waals surface area contributed by atoms with Crippen molar-refractivity contribution in [1.82, 2.24) is 4.57 Å². The topological polar surface area (TPSA) is 12.1 Å². The van der Waals surface area contributed by atoms with Gasteiger partial charge in [0.25, 0.3) is 6.33 Å². The number of hydrogen-bond acceptors (Lipinski definition) is 1. The number of hydrogen-bond donors (Lipinski definition) is 0. The molecular weight excluding hydrogens is 829 g/mol. The van der Waals surface area contributed by atoms with E-state index in [0.29, 0.717) is 0 Å². The SMILES string of the molecule is C[Si]1(C)c2ccc[c-]c2B2c3[c-]cccc3N(c3ccccc3)c3cccc1c32.Cc1ccc(-[n+]2[c-]n(-c3[c-]cccc3)c3ccccc32)cc1.[Pt+4]. The van der Waals surface area contributed by atoms with Crippen LogP contribution in [0.3, 0.4) is 0 Å². The largest absolute Gasteiger partial charge is 4.00 e. The maximum Gasteiger partial charge on any atom is 4.00 e. The van der Waals surface area contributed by atoms with Crippen LogP contribution in [0.5, 0.6) is 0 Å². The minimum Gasteiger partial charge on any atom is -0.366 e. The molecule has 0 saturated heterocycles. The van der Waals surface area contributed by atoms with Crippen LogP contribution in [-0.4, -0.2) is 19.4 Å². The van der Waals surface area contributed by atoms with Gasteiger partial charge in [0.15, 0.2) is 6.71 Å². The van der Waals surface area contributed by atoms with Crippen molar-refractivity contribution in [2.24, 2.45) is 0 Å². The summed E-state index contributed by atoms with van der Waals surface area (Å²) >= 11 is 0. The van der Waals surface area contributed by atoms with Crippen LogP contribution < -0.4 is 36.2 Å². The van der Waals surface area contributed by atoms with E-state index in [1.165, 1.54) is 49.4 Å². The zero-order chi connectivity index (χ0) is 34.5. The average Bonchev–Trinajstić information content (AvgIpc) is 3.57. The van der Waals surface area contributed by atoms with Crippen LogP contribution in [-0.2, 0) is 21.1 Å². The summed E-state index contributed by atoms with van der Waals surface area (Å²) in [4.78, 5) is 2.42. The van der Waals surface area contributed by atoms with Crippen LogP contribution in [0.25, 0.3) is 22.4 Å². The van der Waals surface area contributed by atoms with E-state index in [4.69, 9.17) is 0 Å². The summed E-state index contributed by atoms with van der Waals surface area (Å²) in [5.74, 6) is 0. The van der Waals surface area contributed by atoms with Crippen LogP contribution >= 0.6 is 0 Å². The van der Waals surface area contributed by atoms with E-state index in [-0.39, 0.29) is 27.8 Å². The molecule has 0 unspecified atom stereocenters. The molecule has 0 spiro atoms. The summed E-state index contributed by atoms with van der Waals surface area (Å²) in [5, 5.41) is 3.04. The van der Waals surface area contributed by atoms with Crippen LogP contribution in [0.4, 0.5) is 17.1 Å². The van der Waals surface area contributed by atoms with Gasteiger partial charge >= 0.3 is 21.1 Å². The Kier molecular flexibility index (Phi) is 8.95. The predicted octanol–water partition coefficient (Wildman–Crippen LogP) is 6.54. The molecule has 2 aliphatic heterocycles. The van der Waals surface area contributed by atoms with Gasteiger partial charge in [-0.15, -0.1) is 6.07 Å².